The van der Waals surface area contributed by atoms with Gasteiger partial charge in [-0.25, -0.2) is 0 Å². The molecule has 2 amide bonds. The van der Waals surface area contributed by atoms with E-state index < -0.39 is 19.0 Å². The number of anilines is 1. The lowest BCUT2D eigenvalue weighted by atomic mass is 9.69. The fourth-order valence-corrected chi connectivity index (χ4v) is 6.67. The van der Waals surface area contributed by atoms with Crippen molar-refractivity contribution < 1.29 is 39.0 Å². The first kappa shape index (κ1) is 28.3. The Morgan fingerprint density at radius 3 is 2.48 bits per heavy atom. The van der Waals surface area contributed by atoms with Crippen LogP contribution in [0.5, 0.6) is 0 Å². The van der Waals surface area contributed by atoms with Crippen LogP contribution in [0.25, 0.3) is 11.6 Å². The third kappa shape index (κ3) is 5.17. The number of amides is 2. The van der Waals surface area contributed by atoms with Crippen LogP contribution in [0.2, 0.25) is 0 Å². The summed E-state index contributed by atoms with van der Waals surface area (Å²) in [6.45, 7) is -0.130. The smallest absolute Gasteiger partial charge is 0.459 e. The summed E-state index contributed by atoms with van der Waals surface area (Å²) >= 11 is 0. The van der Waals surface area contributed by atoms with Crippen LogP contribution in [0.4, 0.5) is 5.69 Å². The van der Waals surface area contributed by atoms with E-state index >= 15 is 0 Å². The molecule has 0 saturated carbocycles. The minimum Gasteiger partial charge on any atom is -0.459 e. The number of nitrogens with zero attached hydrogens (tertiary/aromatic N) is 1. The highest BCUT2D eigenvalue weighted by Crippen LogP contribution is 2.50. The van der Waals surface area contributed by atoms with Gasteiger partial charge in [-0.15, -0.1) is 0 Å². The predicted molar refractivity (Wildman–Crippen MR) is 156 cm³/mol. The summed E-state index contributed by atoms with van der Waals surface area (Å²) in [7, 11) is -1.72. The molecule has 0 spiro atoms. The van der Waals surface area contributed by atoms with Crippen molar-refractivity contribution in [2.75, 3.05) is 18.1 Å². The number of benzene rings is 2. The van der Waals surface area contributed by atoms with E-state index in [1.807, 2.05) is 42.5 Å². The number of carbonyl (C=O) groups is 2. The normalized spacial score (nSPS) is 23.9. The summed E-state index contributed by atoms with van der Waals surface area (Å²) in [6, 6.07) is 19.6. The van der Waals surface area contributed by atoms with Gasteiger partial charge in [0, 0.05) is 5.92 Å². The summed E-state index contributed by atoms with van der Waals surface area (Å²) in [6.07, 6.45) is 3.13. The average Bonchev–Trinajstić information content (AvgIpc) is 3.71. The first-order valence-corrected chi connectivity index (χ1v) is 14.1. The van der Waals surface area contributed by atoms with Crippen LogP contribution in [0.15, 0.2) is 82.3 Å². The molecule has 1 aromatic heterocycles. The Morgan fingerprint density at radius 1 is 0.952 bits per heavy atom. The Kier molecular flexibility index (Phi) is 7.98. The van der Waals surface area contributed by atoms with Gasteiger partial charge in [0.25, 0.3) is 0 Å². The summed E-state index contributed by atoms with van der Waals surface area (Å²) in [4.78, 5) is 28.4. The zero-order valence-corrected chi connectivity index (χ0v) is 22.9. The van der Waals surface area contributed by atoms with Crippen molar-refractivity contribution in [3.63, 3.8) is 0 Å². The number of hydrogen-bond donors (Lipinski definition) is 4. The molecule has 0 unspecified atom stereocenters. The van der Waals surface area contributed by atoms with E-state index in [4.69, 9.17) is 9.15 Å². The monoisotopic (exact) mass is 569 g/mol. The quantitative estimate of drug-likeness (QED) is 0.175. The van der Waals surface area contributed by atoms with Gasteiger partial charge in [0.1, 0.15) is 18.1 Å². The Hall–Kier alpha value is -3.80. The van der Waals surface area contributed by atoms with Gasteiger partial charge in [0.05, 0.1) is 36.8 Å². The molecule has 2 aromatic carbocycles. The van der Waals surface area contributed by atoms with E-state index in [9.17, 15) is 29.9 Å². The number of allylic oxidation sites excluding steroid dienone is 1. The first-order chi connectivity index (χ1) is 20.4. The maximum absolute atomic E-state index is 13.8. The molecule has 6 rings (SSSR count). The zero-order chi connectivity index (χ0) is 29.4. The Balaban J connectivity index is 1.26. The molecule has 1 aliphatic carbocycles. The van der Waals surface area contributed by atoms with E-state index in [1.54, 1.807) is 18.2 Å². The van der Waals surface area contributed by atoms with Gasteiger partial charge in [-0.2, -0.15) is 0 Å². The van der Waals surface area contributed by atoms with E-state index in [2.05, 4.69) is 0 Å². The van der Waals surface area contributed by atoms with E-state index in [0.29, 0.717) is 30.0 Å². The number of rotatable bonds is 9. The van der Waals surface area contributed by atoms with Gasteiger partial charge < -0.3 is 29.4 Å². The van der Waals surface area contributed by atoms with Gasteiger partial charge >= 0.3 is 7.12 Å². The maximum atomic E-state index is 13.8. The van der Waals surface area contributed by atoms with Gasteiger partial charge in [0.2, 0.25) is 11.8 Å². The largest absolute Gasteiger partial charge is 0.488 e. The van der Waals surface area contributed by atoms with Gasteiger partial charge in [-0.1, -0.05) is 42.5 Å². The zero-order valence-electron chi connectivity index (χ0n) is 22.9. The maximum Gasteiger partial charge on any atom is 0.488 e. The lowest BCUT2D eigenvalue weighted by Crippen LogP contribution is -2.35. The lowest BCUT2D eigenvalue weighted by Gasteiger charge is -2.31. The van der Waals surface area contributed by atoms with Crippen LogP contribution in [0, 0.1) is 17.8 Å². The van der Waals surface area contributed by atoms with Crippen molar-refractivity contribution in [3.05, 3.63) is 95.0 Å². The molecular weight excluding hydrogens is 537 g/mol. The van der Waals surface area contributed by atoms with Gasteiger partial charge in [0.15, 0.2) is 0 Å². The lowest BCUT2D eigenvalue weighted by molar-refractivity contribution is -0.122. The second kappa shape index (κ2) is 11.8. The molecule has 216 valence electrons. The van der Waals surface area contributed by atoms with Crippen LogP contribution in [0.1, 0.15) is 36.3 Å². The second-order valence-electron chi connectivity index (χ2n) is 11.0. The van der Waals surface area contributed by atoms with Crippen molar-refractivity contribution in [3.8, 4) is 0 Å². The Bertz CT molecular complexity index is 1540. The molecule has 10 heteroatoms. The molecule has 2 saturated heterocycles. The molecule has 42 heavy (non-hydrogen) atoms. The number of aliphatic hydroxyl groups excluding tert-OH is 2. The molecule has 4 atom stereocenters. The number of fused-ring (bicyclic) bond motifs is 3. The summed E-state index contributed by atoms with van der Waals surface area (Å²) < 4.78 is 12.0. The molecule has 3 aromatic rings. The highest BCUT2D eigenvalue weighted by atomic mass is 16.5. The Morgan fingerprint density at radius 2 is 1.76 bits per heavy atom. The summed E-state index contributed by atoms with van der Waals surface area (Å²) in [5, 5.41) is 39.0. The average molecular weight is 569 g/mol. The number of imide groups is 1. The molecule has 0 bridgehead atoms. The van der Waals surface area contributed by atoms with Crippen molar-refractivity contribution in [2.45, 2.75) is 32.0 Å². The number of hydrogen-bond acceptors (Lipinski definition) is 8. The molecular formula is C32H32BNO8. The predicted octanol–water partition coefficient (Wildman–Crippen LogP) is 2.29. The van der Waals surface area contributed by atoms with Crippen LogP contribution in [-0.2, 0) is 20.9 Å². The third-order valence-electron chi connectivity index (χ3n) is 8.60. The number of aliphatic hydroxyl groups is 2. The Labute approximate surface area is 243 Å². The van der Waals surface area contributed by atoms with Crippen molar-refractivity contribution in [1.82, 2.24) is 0 Å². The molecule has 9 nitrogen and oxygen atoms in total. The van der Waals surface area contributed by atoms with Crippen molar-refractivity contribution >= 4 is 41.7 Å². The van der Waals surface area contributed by atoms with Gasteiger partial charge in [-0.05, 0) is 77.3 Å². The van der Waals surface area contributed by atoms with Crippen LogP contribution in [-0.4, -0.2) is 58.5 Å². The fourth-order valence-electron chi connectivity index (χ4n) is 6.67. The minimum absolute atomic E-state index is 0.181. The molecule has 2 fully saturated rings. The van der Waals surface area contributed by atoms with Crippen molar-refractivity contribution in [1.29, 1.82) is 0 Å². The van der Waals surface area contributed by atoms with Crippen LogP contribution in [0.3, 0.4) is 0 Å². The number of ether oxygens (including phenoxy) is 1. The first-order valence-electron chi connectivity index (χ1n) is 14.1. The van der Waals surface area contributed by atoms with E-state index in [-0.39, 0.29) is 55.5 Å². The van der Waals surface area contributed by atoms with Gasteiger partial charge in [-0.3, -0.25) is 14.5 Å². The van der Waals surface area contributed by atoms with E-state index in [0.717, 1.165) is 27.2 Å². The van der Waals surface area contributed by atoms with Crippen LogP contribution < -0.4 is 10.4 Å². The minimum atomic E-state index is -1.72. The van der Waals surface area contributed by atoms with Crippen LogP contribution >= 0.6 is 0 Å². The fraction of sp³-hybridized carbons (Fsp3) is 0.312. The molecule has 3 heterocycles. The second-order valence-corrected chi connectivity index (χ2v) is 11.0. The standard InChI is InChI=1S/C32H32BNO8/c35-16-21-14-26-30(32(38)34(31(26)37)23-8-4-7-22(15-23)33(39)40)27-18-41-28(29(21)27)12-9-20(19-5-2-1-3-6-19)13-24-10-11-25(17-36)42-24/h1-8,10-11,13,15,26-28,30,35-36,39-40H,9,12,14,16-18H2/b20-13-/t26-,27+,28-,30-/m1/s1. The molecule has 2 aliphatic heterocycles. The third-order valence-corrected chi connectivity index (χ3v) is 8.60. The molecule has 3 aliphatic rings. The SMILES string of the molecule is O=C1[C@@H]2[C@@H](CC(CO)=C3[C@@H](CC/C(=C/c4ccc(CO)o4)c4ccccc4)OC[C@@H]32)C(=O)N1c1cccc(B(O)O)c1. The molecule has 4 N–H and O–H groups in total. The molecule has 0 radical (unpaired) electrons. The van der Waals surface area contributed by atoms with Crippen molar-refractivity contribution in [2.24, 2.45) is 17.8 Å². The highest BCUT2D eigenvalue weighted by molar-refractivity contribution is 6.58. The number of furan rings is 1. The number of carbonyl (C=O) groups excluding carboxylic acids is 2. The van der Waals surface area contributed by atoms with E-state index in [1.165, 1.54) is 12.1 Å². The highest BCUT2D eigenvalue weighted by Gasteiger charge is 2.57. The summed E-state index contributed by atoms with van der Waals surface area (Å²) in [5.74, 6) is -1.12. The topological polar surface area (TPSA) is 141 Å². The summed E-state index contributed by atoms with van der Waals surface area (Å²) in [5.41, 5.74) is 4.19.